The third kappa shape index (κ3) is 4.03. The molecule has 0 aliphatic rings. The normalized spacial score (nSPS) is 11.2. The maximum atomic E-state index is 12.0. The number of nitrogens with one attached hydrogen (secondary N) is 2. The predicted molar refractivity (Wildman–Crippen MR) is 94.3 cm³/mol. The Bertz CT molecular complexity index is 895. The molecule has 0 unspecified atom stereocenters. The molecule has 0 bridgehead atoms. The van der Waals surface area contributed by atoms with Gasteiger partial charge in [0.1, 0.15) is 11.4 Å². The van der Waals surface area contributed by atoms with Crippen LogP contribution in [-0.4, -0.2) is 29.4 Å². The van der Waals surface area contributed by atoms with Crippen molar-refractivity contribution >= 4 is 18.2 Å². The van der Waals surface area contributed by atoms with E-state index < -0.39 is 5.91 Å². The number of hydrazone groups is 1. The number of aromatic nitrogens is 2. The van der Waals surface area contributed by atoms with Crippen molar-refractivity contribution in [3.05, 3.63) is 66.1 Å². The molecule has 7 heteroatoms. The summed E-state index contributed by atoms with van der Waals surface area (Å²) >= 11 is 0. The van der Waals surface area contributed by atoms with Crippen LogP contribution in [0.25, 0.3) is 17.5 Å². The first-order valence-corrected chi connectivity index (χ1v) is 7.50. The van der Waals surface area contributed by atoms with E-state index in [4.69, 9.17) is 9.15 Å². The maximum absolute atomic E-state index is 12.0. The number of allylic oxidation sites excluding steroid dienone is 1. The molecule has 0 aliphatic heterocycles. The Hall–Kier alpha value is -3.61. The van der Waals surface area contributed by atoms with E-state index in [0.717, 1.165) is 11.3 Å². The number of hydrogen-bond acceptors (Lipinski definition) is 5. The lowest BCUT2D eigenvalue weighted by molar-refractivity contribution is 0.0950. The van der Waals surface area contributed by atoms with E-state index in [-0.39, 0.29) is 5.69 Å². The minimum absolute atomic E-state index is 0.220. The second-order valence-electron chi connectivity index (χ2n) is 4.96. The molecular weight excluding hydrogens is 320 g/mol. The number of benzene rings is 1. The Morgan fingerprint density at radius 2 is 2.20 bits per heavy atom. The average molecular weight is 336 g/mol. The Labute approximate surface area is 144 Å². The van der Waals surface area contributed by atoms with E-state index in [1.165, 1.54) is 6.21 Å². The van der Waals surface area contributed by atoms with Crippen LogP contribution in [0.15, 0.2) is 64.3 Å². The number of nitrogens with zero attached hydrogens (tertiary/aromatic N) is 2. The minimum Gasteiger partial charge on any atom is -0.496 e. The molecule has 2 aromatic heterocycles. The van der Waals surface area contributed by atoms with E-state index in [9.17, 15) is 4.79 Å². The molecule has 0 aliphatic carbocycles. The van der Waals surface area contributed by atoms with Gasteiger partial charge in [-0.15, -0.1) is 0 Å². The minimum atomic E-state index is -0.420. The molecule has 7 nitrogen and oxygen atoms in total. The quantitative estimate of drug-likeness (QED) is 0.534. The highest BCUT2D eigenvalue weighted by atomic mass is 16.5. The van der Waals surface area contributed by atoms with Crippen LogP contribution in [0.2, 0.25) is 0 Å². The fourth-order valence-electron chi connectivity index (χ4n) is 2.14. The van der Waals surface area contributed by atoms with E-state index in [0.29, 0.717) is 11.5 Å². The van der Waals surface area contributed by atoms with E-state index in [1.807, 2.05) is 30.3 Å². The topological polar surface area (TPSA) is 92.5 Å². The molecule has 1 amide bonds. The van der Waals surface area contributed by atoms with Crippen molar-refractivity contribution in [2.45, 2.75) is 0 Å². The average Bonchev–Trinajstić information content (AvgIpc) is 3.33. The van der Waals surface area contributed by atoms with Crippen molar-refractivity contribution in [3.63, 3.8) is 0 Å². The lowest BCUT2D eigenvalue weighted by atomic mass is 10.2. The van der Waals surface area contributed by atoms with Crippen molar-refractivity contribution in [1.82, 2.24) is 15.6 Å². The van der Waals surface area contributed by atoms with Gasteiger partial charge in [0.25, 0.3) is 5.91 Å². The van der Waals surface area contributed by atoms with Crippen LogP contribution < -0.4 is 10.2 Å². The first-order valence-electron chi connectivity index (χ1n) is 7.50. The number of aromatic amines is 1. The molecule has 126 valence electrons. The summed E-state index contributed by atoms with van der Waals surface area (Å²) in [6.07, 6.45) is 6.56. The summed E-state index contributed by atoms with van der Waals surface area (Å²) in [5.41, 5.74) is 4.16. The van der Waals surface area contributed by atoms with Gasteiger partial charge in [-0.05, 0) is 30.4 Å². The van der Waals surface area contributed by atoms with Crippen molar-refractivity contribution in [2.75, 3.05) is 7.11 Å². The Morgan fingerprint density at radius 3 is 3.00 bits per heavy atom. The Kier molecular flexibility index (Phi) is 5.06. The van der Waals surface area contributed by atoms with Gasteiger partial charge in [-0.2, -0.15) is 10.2 Å². The second-order valence-corrected chi connectivity index (χ2v) is 4.96. The van der Waals surface area contributed by atoms with E-state index >= 15 is 0 Å². The fraction of sp³-hybridized carbons (Fsp3) is 0.0556. The summed E-state index contributed by atoms with van der Waals surface area (Å²) < 4.78 is 10.5. The number of ether oxygens (including phenoxy) is 1. The second kappa shape index (κ2) is 7.78. The molecule has 0 radical (unpaired) electrons. The van der Waals surface area contributed by atoms with E-state index in [2.05, 4.69) is 20.7 Å². The predicted octanol–water partition coefficient (Wildman–Crippen LogP) is 3.11. The molecule has 3 aromatic rings. The molecule has 3 rings (SSSR count). The van der Waals surface area contributed by atoms with Gasteiger partial charge in [-0.3, -0.25) is 9.89 Å². The van der Waals surface area contributed by atoms with Crippen LogP contribution in [0.1, 0.15) is 16.1 Å². The number of para-hydroxylation sites is 1. The van der Waals surface area contributed by atoms with Crippen molar-refractivity contribution in [2.24, 2.45) is 5.10 Å². The summed E-state index contributed by atoms with van der Waals surface area (Å²) in [5, 5.41) is 10.5. The summed E-state index contributed by atoms with van der Waals surface area (Å²) in [4.78, 5) is 12.0. The number of carbonyl (C=O) groups is 1. The molecule has 2 heterocycles. The number of H-pyrrole nitrogens is 1. The van der Waals surface area contributed by atoms with Gasteiger partial charge in [0.05, 0.1) is 13.4 Å². The molecule has 1 aromatic carbocycles. The van der Waals surface area contributed by atoms with Crippen LogP contribution in [0.5, 0.6) is 5.75 Å². The van der Waals surface area contributed by atoms with Crippen LogP contribution in [0.3, 0.4) is 0 Å². The lowest BCUT2D eigenvalue weighted by Crippen LogP contribution is -2.17. The highest BCUT2D eigenvalue weighted by Gasteiger charge is 2.11. The zero-order valence-electron chi connectivity index (χ0n) is 13.5. The largest absolute Gasteiger partial charge is 0.496 e. The van der Waals surface area contributed by atoms with E-state index in [1.54, 1.807) is 37.6 Å². The van der Waals surface area contributed by atoms with Crippen LogP contribution in [0.4, 0.5) is 0 Å². The summed E-state index contributed by atoms with van der Waals surface area (Å²) in [7, 11) is 1.61. The SMILES string of the molecule is COc1ccccc1/C=C/C=NNC(=O)c1cc(-c2ccco2)[nH]n1. The Balaban J connectivity index is 1.57. The van der Waals surface area contributed by atoms with Gasteiger partial charge >= 0.3 is 0 Å². The lowest BCUT2D eigenvalue weighted by Gasteiger charge is -2.02. The number of hydrogen-bond donors (Lipinski definition) is 2. The summed E-state index contributed by atoms with van der Waals surface area (Å²) in [6.45, 7) is 0. The fourth-order valence-corrected chi connectivity index (χ4v) is 2.14. The number of methoxy groups -OCH3 is 1. The summed E-state index contributed by atoms with van der Waals surface area (Å²) in [5.74, 6) is 0.948. The van der Waals surface area contributed by atoms with Crippen molar-refractivity contribution in [1.29, 1.82) is 0 Å². The highest BCUT2D eigenvalue weighted by molar-refractivity contribution is 5.93. The van der Waals surface area contributed by atoms with Crippen LogP contribution in [0, 0.1) is 0 Å². The number of carbonyl (C=O) groups excluding carboxylic acids is 1. The molecule has 0 atom stereocenters. The number of amides is 1. The van der Waals surface area contributed by atoms with Gasteiger partial charge in [0.2, 0.25) is 0 Å². The third-order valence-corrected chi connectivity index (χ3v) is 3.34. The molecular formula is C18H16N4O3. The molecule has 0 saturated heterocycles. The smallest absolute Gasteiger partial charge is 0.291 e. The van der Waals surface area contributed by atoms with Gasteiger partial charge < -0.3 is 9.15 Å². The van der Waals surface area contributed by atoms with Gasteiger partial charge in [0, 0.05) is 17.8 Å². The van der Waals surface area contributed by atoms with Gasteiger partial charge in [-0.25, -0.2) is 5.43 Å². The van der Waals surface area contributed by atoms with Crippen molar-refractivity contribution < 1.29 is 13.9 Å². The molecule has 0 fully saturated rings. The third-order valence-electron chi connectivity index (χ3n) is 3.34. The zero-order chi connectivity index (χ0) is 17.5. The number of furan rings is 1. The molecule has 2 N–H and O–H groups in total. The van der Waals surface area contributed by atoms with Crippen LogP contribution in [-0.2, 0) is 0 Å². The molecule has 25 heavy (non-hydrogen) atoms. The number of rotatable bonds is 6. The van der Waals surface area contributed by atoms with Gasteiger partial charge in [-0.1, -0.05) is 18.2 Å². The van der Waals surface area contributed by atoms with Crippen LogP contribution >= 0.6 is 0 Å². The monoisotopic (exact) mass is 336 g/mol. The summed E-state index contributed by atoms with van der Waals surface area (Å²) in [6, 6.07) is 12.7. The van der Waals surface area contributed by atoms with Gasteiger partial charge in [0.15, 0.2) is 11.5 Å². The first kappa shape index (κ1) is 16.3. The highest BCUT2D eigenvalue weighted by Crippen LogP contribution is 2.18. The Morgan fingerprint density at radius 1 is 1.32 bits per heavy atom. The van der Waals surface area contributed by atoms with Crippen molar-refractivity contribution in [3.8, 4) is 17.2 Å². The maximum Gasteiger partial charge on any atom is 0.291 e. The first-order chi connectivity index (χ1) is 12.3. The standard InChI is InChI=1S/C18H16N4O3/c1-24-16-8-3-2-6-13(16)7-4-10-19-22-18(23)15-12-14(20-21-15)17-9-5-11-25-17/h2-12H,1H3,(H,20,21)(H,22,23)/b7-4+,19-10?. The zero-order valence-corrected chi connectivity index (χ0v) is 13.5. The molecule has 0 spiro atoms. The molecule has 0 saturated carbocycles.